The first kappa shape index (κ1) is 13.4. The molecule has 3 rings (SSSR count). The van der Waals surface area contributed by atoms with Crippen molar-refractivity contribution in [3.63, 3.8) is 0 Å². The van der Waals surface area contributed by atoms with Crippen LogP contribution in [0.4, 0.5) is 0 Å². The van der Waals surface area contributed by atoms with Gasteiger partial charge in [0.05, 0.1) is 0 Å². The summed E-state index contributed by atoms with van der Waals surface area (Å²) in [6.45, 7) is 6.07. The Morgan fingerprint density at radius 1 is 1.05 bits per heavy atom. The highest BCUT2D eigenvalue weighted by atomic mass is 79.9. The topological polar surface area (TPSA) is 0 Å². The van der Waals surface area contributed by atoms with Crippen molar-refractivity contribution in [2.75, 3.05) is 0 Å². The minimum absolute atomic E-state index is 0.0947. The first-order valence-electron chi connectivity index (χ1n) is 6.84. The van der Waals surface area contributed by atoms with Gasteiger partial charge >= 0.3 is 0 Å². The predicted molar refractivity (Wildman–Crippen MR) is 90.2 cm³/mol. The van der Waals surface area contributed by atoms with Crippen LogP contribution in [0.1, 0.15) is 24.5 Å². The highest BCUT2D eigenvalue weighted by Gasteiger charge is 2.40. The Kier molecular flexibility index (Phi) is 3.39. The summed E-state index contributed by atoms with van der Waals surface area (Å²) in [7, 11) is 0. The molecule has 0 nitrogen and oxygen atoms in total. The molecule has 0 amide bonds. The van der Waals surface area contributed by atoms with E-state index in [1.165, 1.54) is 22.3 Å². The maximum Gasteiger partial charge on any atom is 0.0439 e. The van der Waals surface area contributed by atoms with Gasteiger partial charge in [0.25, 0.3) is 0 Å². The first-order valence-corrected chi connectivity index (χ1v) is 7.63. The molecule has 0 aromatic heterocycles. The quantitative estimate of drug-likeness (QED) is 0.623. The second-order valence-corrected chi connectivity index (χ2v) is 6.54. The Balaban J connectivity index is 2.39. The predicted octanol–water partition coefficient (Wildman–Crippen LogP) is 5.83. The van der Waals surface area contributed by atoms with Crippen LogP contribution in [0.25, 0.3) is 11.1 Å². The van der Waals surface area contributed by atoms with Crippen LogP contribution in [-0.4, -0.2) is 0 Å². The third-order valence-corrected chi connectivity index (χ3v) is 4.25. The lowest BCUT2D eigenvalue weighted by Gasteiger charge is -2.28. The highest BCUT2D eigenvalue weighted by Crippen LogP contribution is 2.52. The summed E-state index contributed by atoms with van der Waals surface area (Å²) < 4.78 is 1.16. The van der Waals surface area contributed by atoms with Crippen molar-refractivity contribution in [2.24, 2.45) is 0 Å². The molecule has 2 aromatic rings. The van der Waals surface area contributed by atoms with Gasteiger partial charge in [-0.05, 0) is 40.1 Å². The van der Waals surface area contributed by atoms with E-state index in [0.29, 0.717) is 0 Å². The summed E-state index contributed by atoms with van der Waals surface area (Å²) in [6, 6.07) is 17.4. The van der Waals surface area contributed by atoms with Crippen LogP contribution in [-0.2, 0) is 5.41 Å². The molecule has 1 aliphatic rings. The second kappa shape index (κ2) is 5.06. The molecule has 0 N–H and O–H groups in total. The molecule has 0 saturated carbocycles. The van der Waals surface area contributed by atoms with E-state index < -0.39 is 0 Å². The van der Waals surface area contributed by atoms with E-state index in [2.05, 4.69) is 84.0 Å². The number of allylic oxidation sites excluding steroid dienone is 3. The van der Waals surface area contributed by atoms with Crippen LogP contribution in [0, 0.1) is 0 Å². The minimum Gasteiger partial charge on any atom is -0.103 e. The van der Waals surface area contributed by atoms with Crippen molar-refractivity contribution in [3.05, 3.63) is 82.9 Å². The van der Waals surface area contributed by atoms with Crippen LogP contribution in [0.5, 0.6) is 0 Å². The SMILES string of the molecule is C=CCC1(C=C(C)Br)c2ccccc2-c2ccccc21. The van der Waals surface area contributed by atoms with Gasteiger partial charge in [-0.1, -0.05) is 76.6 Å². The fourth-order valence-corrected chi connectivity index (χ4v) is 3.75. The van der Waals surface area contributed by atoms with E-state index in [-0.39, 0.29) is 5.41 Å². The van der Waals surface area contributed by atoms with Gasteiger partial charge in [0.15, 0.2) is 0 Å². The highest BCUT2D eigenvalue weighted by molar-refractivity contribution is 9.11. The number of benzene rings is 2. The third-order valence-electron chi connectivity index (χ3n) is 4.02. The van der Waals surface area contributed by atoms with E-state index in [9.17, 15) is 0 Å². The largest absolute Gasteiger partial charge is 0.103 e. The molecule has 0 atom stereocenters. The zero-order chi connectivity index (χ0) is 14.2. The van der Waals surface area contributed by atoms with Crippen molar-refractivity contribution in [1.82, 2.24) is 0 Å². The van der Waals surface area contributed by atoms with Gasteiger partial charge in [0, 0.05) is 5.41 Å². The Labute approximate surface area is 129 Å². The Bertz CT molecular complexity index is 645. The maximum atomic E-state index is 3.98. The van der Waals surface area contributed by atoms with Crippen LogP contribution in [0.3, 0.4) is 0 Å². The van der Waals surface area contributed by atoms with E-state index in [1.807, 2.05) is 6.08 Å². The van der Waals surface area contributed by atoms with E-state index in [1.54, 1.807) is 0 Å². The summed E-state index contributed by atoms with van der Waals surface area (Å²) in [5.41, 5.74) is 5.34. The van der Waals surface area contributed by atoms with Crippen molar-refractivity contribution in [1.29, 1.82) is 0 Å². The normalized spacial score (nSPS) is 15.6. The summed E-state index contributed by atoms with van der Waals surface area (Å²) >= 11 is 3.62. The summed E-state index contributed by atoms with van der Waals surface area (Å²) in [4.78, 5) is 0. The molecule has 0 fully saturated rings. The Hall–Kier alpha value is -1.60. The summed E-state index contributed by atoms with van der Waals surface area (Å²) in [5, 5.41) is 0. The zero-order valence-corrected chi connectivity index (χ0v) is 13.2. The lowest BCUT2D eigenvalue weighted by atomic mass is 9.75. The fourth-order valence-electron chi connectivity index (χ4n) is 3.36. The molecule has 0 radical (unpaired) electrons. The molecule has 0 unspecified atom stereocenters. The molecular weight excluding hydrogens is 308 g/mol. The maximum absolute atomic E-state index is 3.98. The van der Waals surface area contributed by atoms with Crippen molar-refractivity contribution < 1.29 is 0 Å². The van der Waals surface area contributed by atoms with Gasteiger partial charge in [0.1, 0.15) is 0 Å². The van der Waals surface area contributed by atoms with Crippen LogP contribution >= 0.6 is 15.9 Å². The smallest absolute Gasteiger partial charge is 0.0439 e. The lowest BCUT2D eigenvalue weighted by Crippen LogP contribution is -2.21. The molecule has 0 spiro atoms. The van der Waals surface area contributed by atoms with E-state index in [0.717, 1.165) is 10.9 Å². The van der Waals surface area contributed by atoms with Gasteiger partial charge in [-0.25, -0.2) is 0 Å². The van der Waals surface area contributed by atoms with Gasteiger partial charge in [-0.3, -0.25) is 0 Å². The second-order valence-electron chi connectivity index (χ2n) is 5.29. The molecule has 0 aliphatic heterocycles. The van der Waals surface area contributed by atoms with Crippen molar-refractivity contribution in [3.8, 4) is 11.1 Å². The Morgan fingerprint density at radius 2 is 1.55 bits per heavy atom. The molecule has 0 bridgehead atoms. The standard InChI is InChI=1S/C19H17Br/c1-3-12-19(13-14(2)20)17-10-6-4-8-15(17)16-9-5-7-11-18(16)19/h3-11,13H,1,12H2,2H3. The van der Waals surface area contributed by atoms with Gasteiger partial charge < -0.3 is 0 Å². The molecular formula is C19H17Br. The molecule has 2 aromatic carbocycles. The molecule has 1 heteroatoms. The molecule has 100 valence electrons. The van der Waals surface area contributed by atoms with E-state index in [4.69, 9.17) is 0 Å². The van der Waals surface area contributed by atoms with Gasteiger partial charge in [-0.15, -0.1) is 6.58 Å². The fraction of sp³-hybridized carbons (Fsp3) is 0.158. The number of hydrogen-bond acceptors (Lipinski definition) is 0. The van der Waals surface area contributed by atoms with Crippen LogP contribution in [0.15, 0.2) is 71.7 Å². The molecule has 1 aliphatic carbocycles. The van der Waals surface area contributed by atoms with Crippen LogP contribution < -0.4 is 0 Å². The number of rotatable bonds is 3. The van der Waals surface area contributed by atoms with Crippen molar-refractivity contribution >= 4 is 15.9 Å². The number of fused-ring (bicyclic) bond motifs is 3. The Morgan fingerprint density at radius 3 is 2.00 bits per heavy atom. The summed E-state index contributed by atoms with van der Waals surface area (Å²) in [5.74, 6) is 0. The molecule has 20 heavy (non-hydrogen) atoms. The van der Waals surface area contributed by atoms with Crippen LogP contribution in [0.2, 0.25) is 0 Å². The average Bonchev–Trinajstić information content (AvgIpc) is 2.71. The minimum atomic E-state index is -0.0947. The van der Waals surface area contributed by atoms with E-state index >= 15 is 0 Å². The summed E-state index contributed by atoms with van der Waals surface area (Å²) in [6.07, 6.45) is 5.24. The lowest BCUT2D eigenvalue weighted by molar-refractivity contribution is 0.671. The zero-order valence-electron chi connectivity index (χ0n) is 11.6. The van der Waals surface area contributed by atoms with Gasteiger partial charge in [-0.2, -0.15) is 0 Å². The molecule has 0 saturated heterocycles. The third kappa shape index (κ3) is 1.89. The average molecular weight is 325 g/mol. The molecule has 0 heterocycles. The van der Waals surface area contributed by atoms with Gasteiger partial charge in [0.2, 0.25) is 0 Å². The monoisotopic (exact) mass is 324 g/mol. The number of hydrogen-bond donors (Lipinski definition) is 0. The first-order chi connectivity index (χ1) is 9.69. The van der Waals surface area contributed by atoms with Crippen molar-refractivity contribution in [2.45, 2.75) is 18.8 Å². The number of halogens is 1.